The largest absolute Gasteiger partial charge is 1.00 e. The molecule has 0 aliphatic carbocycles. The molecule has 1 unspecified atom stereocenters. The van der Waals surface area contributed by atoms with E-state index in [9.17, 15) is 17.5 Å². The molecule has 0 bridgehead atoms. The van der Waals surface area contributed by atoms with Gasteiger partial charge < -0.3 is 4.55 Å². The van der Waals surface area contributed by atoms with Crippen LogP contribution in [-0.4, -0.2) is 14.5 Å². The third-order valence-corrected chi connectivity index (χ3v) is 3.32. The van der Waals surface area contributed by atoms with Gasteiger partial charge in [0.25, 0.3) is 0 Å². The second-order valence-corrected chi connectivity index (χ2v) is 5.34. The summed E-state index contributed by atoms with van der Waals surface area (Å²) in [6, 6.07) is 10.1. The van der Waals surface area contributed by atoms with Crippen LogP contribution in [0.5, 0.6) is 0 Å². The third-order valence-electron chi connectivity index (χ3n) is 2.79. The van der Waals surface area contributed by atoms with Crippen molar-refractivity contribution >= 4 is 11.1 Å². The zero-order chi connectivity index (χ0) is 15.2. The van der Waals surface area contributed by atoms with Crippen molar-refractivity contribution in [3.05, 3.63) is 70.8 Å². The van der Waals surface area contributed by atoms with Gasteiger partial charge in [-0.25, -0.2) is 8.78 Å². The van der Waals surface area contributed by atoms with Crippen LogP contribution in [0.3, 0.4) is 0 Å². The van der Waals surface area contributed by atoms with E-state index in [0.717, 1.165) is 0 Å². The van der Waals surface area contributed by atoms with E-state index in [1.165, 1.54) is 36.4 Å². The van der Waals surface area contributed by atoms with Gasteiger partial charge in [-0.05, 0) is 48.4 Å². The molecule has 0 aliphatic heterocycles. The van der Waals surface area contributed by atoms with Crippen molar-refractivity contribution < 1.29 is 47.1 Å². The number of hydrogen-bond acceptors (Lipinski definition) is 2. The van der Waals surface area contributed by atoms with Gasteiger partial charge in [-0.15, -0.1) is 0 Å². The molecule has 2 aromatic carbocycles. The van der Waals surface area contributed by atoms with Crippen molar-refractivity contribution in [1.29, 1.82) is 0 Å². The summed E-state index contributed by atoms with van der Waals surface area (Å²) in [6.45, 7) is 0. The first-order chi connectivity index (χ1) is 10.0. The predicted molar refractivity (Wildman–Crippen MR) is 76.3 cm³/mol. The quantitative estimate of drug-likeness (QED) is 0.444. The maximum absolute atomic E-state index is 13.8. The van der Waals surface area contributed by atoms with Crippen LogP contribution in [0.1, 0.15) is 16.7 Å². The molecule has 1 atom stereocenters. The van der Waals surface area contributed by atoms with Gasteiger partial charge in [0, 0.05) is 16.9 Å². The standard InChI is InChI=1S/C16H12F2O2S.Na/c17-15-7-4-12(5-8-15)1-2-13-3-6-14(16(18)11-13)9-10-21(19)20;/h3-8,11H,9-10H2,(H,19,20);/q;+1/p-1. The van der Waals surface area contributed by atoms with Crippen molar-refractivity contribution in [1.82, 2.24) is 0 Å². The molecule has 0 aliphatic rings. The Kier molecular flexibility index (Phi) is 7.94. The van der Waals surface area contributed by atoms with E-state index in [0.29, 0.717) is 16.7 Å². The maximum Gasteiger partial charge on any atom is 1.00 e. The van der Waals surface area contributed by atoms with Crippen LogP contribution in [-0.2, 0) is 17.5 Å². The summed E-state index contributed by atoms with van der Waals surface area (Å²) in [5.74, 6) is 4.65. The normalized spacial score (nSPS) is 11.0. The van der Waals surface area contributed by atoms with Gasteiger partial charge in [-0.1, -0.05) is 29.0 Å². The van der Waals surface area contributed by atoms with E-state index in [4.69, 9.17) is 0 Å². The van der Waals surface area contributed by atoms with Crippen molar-refractivity contribution in [3.8, 4) is 11.8 Å². The monoisotopic (exact) mass is 328 g/mol. The number of halogens is 2. The molecule has 0 heterocycles. The van der Waals surface area contributed by atoms with Gasteiger partial charge in [-0.3, -0.25) is 4.21 Å². The molecule has 0 amide bonds. The number of aryl methyl sites for hydroxylation is 1. The van der Waals surface area contributed by atoms with Crippen molar-refractivity contribution in [3.63, 3.8) is 0 Å². The topological polar surface area (TPSA) is 40.1 Å². The molecule has 0 radical (unpaired) electrons. The van der Waals surface area contributed by atoms with Crippen LogP contribution >= 0.6 is 0 Å². The van der Waals surface area contributed by atoms with E-state index in [-0.39, 0.29) is 47.5 Å². The van der Waals surface area contributed by atoms with Crippen molar-refractivity contribution in [2.45, 2.75) is 6.42 Å². The van der Waals surface area contributed by atoms with Crippen LogP contribution in [0.25, 0.3) is 0 Å². The molecule has 0 fully saturated rings. The molecule has 2 nitrogen and oxygen atoms in total. The summed E-state index contributed by atoms with van der Waals surface area (Å²) in [6.07, 6.45) is 0.133. The van der Waals surface area contributed by atoms with Gasteiger partial charge in [0.2, 0.25) is 0 Å². The summed E-state index contributed by atoms with van der Waals surface area (Å²) in [5, 5.41) is 0. The van der Waals surface area contributed by atoms with Crippen molar-refractivity contribution in [2.75, 3.05) is 5.75 Å². The van der Waals surface area contributed by atoms with E-state index >= 15 is 0 Å². The third kappa shape index (κ3) is 5.99. The molecule has 6 heteroatoms. The molecule has 0 spiro atoms. The molecule has 0 N–H and O–H groups in total. The average molecular weight is 328 g/mol. The van der Waals surface area contributed by atoms with E-state index in [2.05, 4.69) is 11.8 Å². The zero-order valence-electron chi connectivity index (χ0n) is 11.9. The van der Waals surface area contributed by atoms with Gasteiger partial charge in [0.05, 0.1) is 0 Å². The van der Waals surface area contributed by atoms with E-state index < -0.39 is 16.9 Å². The van der Waals surface area contributed by atoms with E-state index in [1.807, 2.05) is 0 Å². The van der Waals surface area contributed by atoms with Gasteiger partial charge in [0.15, 0.2) is 0 Å². The Hall–Kier alpha value is -1.03. The Balaban J connectivity index is 0.00000242. The van der Waals surface area contributed by atoms with Crippen LogP contribution < -0.4 is 29.6 Å². The second-order valence-electron chi connectivity index (χ2n) is 4.32. The van der Waals surface area contributed by atoms with Gasteiger partial charge in [0.1, 0.15) is 11.6 Å². The van der Waals surface area contributed by atoms with Crippen LogP contribution in [0.2, 0.25) is 0 Å². The second kappa shape index (κ2) is 9.19. The number of rotatable bonds is 3. The minimum Gasteiger partial charge on any atom is -0.772 e. The summed E-state index contributed by atoms with van der Waals surface area (Å²) >= 11 is -2.19. The Morgan fingerprint density at radius 2 is 1.59 bits per heavy atom. The van der Waals surface area contributed by atoms with Gasteiger partial charge in [-0.2, -0.15) is 0 Å². The fourth-order valence-corrected chi connectivity index (χ4v) is 2.09. The minimum atomic E-state index is -2.19. The molecular formula is C16H11F2NaO2S. The molecule has 0 saturated carbocycles. The fraction of sp³-hybridized carbons (Fsp3) is 0.125. The molecule has 2 aromatic rings. The predicted octanol–water partition coefficient (Wildman–Crippen LogP) is -0.210. The first-order valence-electron chi connectivity index (χ1n) is 6.16. The van der Waals surface area contributed by atoms with Crippen molar-refractivity contribution in [2.24, 2.45) is 0 Å². The summed E-state index contributed by atoms with van der Waals surface area (Å²) in [7, 11) is 0. The molecule has 0 aromatic heterocycles. The van der Waals surface area contributed by atoms with Gasteiger partial charge >= 0.3 is 29.6 Å². The zero-order valence-corrected chi connectivity index (χ0v) is 14.8. The molecular weight excluding hydrogens is 317 g/mol. The Morgan fingerprint density at radius 3 is 2.18 bits per heavy atom. The SMILES string of the molecule is O=S([O-])CCc1ccc(C#Cc2ccc(F)cc2)cc1F.[Na+]. The number of benzene rings is 2. The Bertz CT molecular complexity index is 721. The average Bonchev–Trinajstić information content (AvgIpc) is 2.45. The molecule has 2 rings (SSSR count). The fourth-order valence-electron chi connectivity index (χ4n) is 1.70. The van der Waals surface area contributed by atoms with Crippen LogP contribution in [0.4, 0.5) is 8.78 Å². The summed E-state index contributed by atoms with van der Waals surface area (Å²) in [4.78, 5) is 0. The molecule has 22 heavy (non-hydrogen) atoms. The number of hydrogen-bond donors (Lipinski definition) is 0. The summed E-state index contributed by atoms with van der Waals surface area (Å²) in [5.41, 5.74) is 1.44. The molecule has 0 saturated heterocycles. The summed E-state index contributed by atoms with van der Waals surface area (Å²) < 4.78 is 47.4. The van der Waals surface area contributed by atoms with Crippen LogP contribution in [0.15, 0.2) is 42.5 Å². The maximum atomic E-state index is 13.8. The first-order valence-corrected chi connectivity index (χ1v) is 7.41. The Labute approximate surface area is 152 Å². The Morgan fingerprint density at radius 1 is 1.00 bits per heavy atom. The van der Waals surface area contributed by atoms with Crippen LogP contribution in [0, 0.1) is 23.5 Å². The molecule has 108 valence electrons. The minimum absolute atomic E-state index is 0. The first kappa shape index (κ1) is 19.0. The van der Waals surface area contributed by atoms with E-state index in [1.54, 1.807) is 6.07 Å². The smallest absolute Gasteiger partial charge is 0.772 e.